The zero-order chi connectivity index (χ0) is 27.1. The number of hydrogen-bond acceptors (Lipinski definition) is 5. The number of alkyl halides is 6. The summed E-state index contributed by atoms with van der Waals surface area (Å²) in [7, 11) is 0.623. The molecular weight excluding hydrogens is 540 g/mol. The van der Waals surface area contributed by atoms with Gasteiger partial charge in [-0.1, -0.05) is 28.9 Å². The van der Waals surface area contributed by atoms with Gasteiger partial charge in [0.15, 0.2) is 11.5 Å². The molecule has 0 bridgehead atoms. The van der Waals surface area contributed by atoms with E-state index >= 15 is 0 Å². The normalized spacial score (nSPS) is 12.8. The van der Waals surface area contributed by atoms with Gasteiger partial charge in [-0.05, 0) is 30.3 Å². The minimum Gasteiger partial charge on any atom is -0.478 e. The smallest absolute Gasteiger partial charge is 0.468 e. The van der Waals surface area contributed by atoms with Gasteiger partial charge in [-0.2, -0.15) is 31.4 Å². The lowest BCUT2D eigenvalue weighted by molar-refractivity contribution is -0.142. The number of halogens is 9. The van der Waals surface area contributed by atoms with Crippen molar-refractivity contribution < 1.29 is 44.4 Å². The Morgan fingerprint density at radius 2 is 1.76 bits per heavy atom. The van der Waals surface area contributed by atoms with E-state index in [-0.39, 0.29) is 10.7 Å². The Balaban J connectivity index is 2.06. The Kier molecular flexibility index (Phi) is 6.71. The van der Waals surface area contributed by atoms with Crippen molar-refractivity contribution >= 4 is 23.2 Å². The first-order valence-electron chi connectivity index (χ1n) is 9.88. The van der Waals surface area contributed by atoms with E-state index in [2.05, 4.69) is 20.0 Å². The van der Waals surface area contributed by atoms with E-state index < -0.39 is 63.8 Å². The van der Waals surface area contributed by atoms with Crippen molar-refractivity contribution in [1.29, 1.82) is 0 Å². The monoisotopic (exact) mass is 550 g/mol. The largest absolute Gasteiger partial charge is 0.478 e. The molecule has 0 saturated heterocycles. The van der Waals surface area contributed by atoms with E-state index in [1.165, 1.54) is 12.1 Å². The molecule has 0 radical (unpaired) electrons. The number of methoxy groups -OCH3 is 1. The highest BCUT2D eigenvalue weighted by molar-refractivity contribution is 6.33. The highest BCUT2D eigenvalue weighted by Gasteiger charge is 2.43. The van der Waals surface area contributed by atoms with Gasteiger partial charge in [-0.3, -0.25) is 0 Å². The summed E-state index contributed by atoms with van der Waals surface area (Å²) in [4.78, 5) is 3.29. The Hall–Kier alpha value is -3.94. The van der Waals surface area contributed by atoms with Crippen LogP contribution in [0.1, 0.15) is 5.69 Å². The van der Waals surface area contributed by atoms with E-state index in [1.807, 2.05) is 0 Å². The molecule has 6 nitrogen and oxygen atoms in total. The van der Waals surface area contributed by atoms with Crippen molar-refractivity contribution in [1.82, 2.24) is 14.9 Å². The zero-order valence-electron chi connectivity index (χ0n) is 18.1. The Morgan fingerprint density at radius 3 is 2.35 bits per heavy atom. The van der Waals surface area contributed by atoms with Crippen LogP contribution in [0.25, 0.3) is 28.3 Å². The molecule has 15 heteroatoms. The number of nitrogens with zero attached hydrogens (tertiary/aromatic N) is 4. The molecule has 0 N–H and O–H groups in total. The molecule has 2 heterocycles. The first-order chi connectivity index (χ1) is 17.3. The minimum atomic E-state index is -5.20. The van der Waals surface area contributed by atoms with Gasteiger partial charge in [0.2, 0.25) is 0 Å². The van der Waals surface area contributed by atoms with Gasteiger partial charge in [0.25, 0.3) is 5.90 Å². The molecule has 0 aliphatic heterocycles. The van der Waals surface area contributed by atoms with Crippen molar-refractivity contribution in [3.63, 3.8) is 0 Å². The van der Waals surface area contributed by atoms with Crippen molar-refractivity contribution in [3.05, 3.63) is 71.0 Å². The predicted octanol–water partition coefficient (Wildman–Crippen LogP) is 7.38. The molecular formula is C22H11ClF8N4O2. The van der Waals surface area contributed by atoms with Gasteiger partial charge in [0.1, 0.15) is 23.0 Å². The minimum absolute atomic E-state index is 0.311. The maximum atomic E-state index is 14.6. The van der Waals surface area contributed by atoms with Gasteiger partial charge in [-0.15, -0.1) is 0 Å². The Labute approximate surface area is 206 Å². The maximum Gasteiger partial charge on any atom is 0.468 e. The summed E-state index contributed by atoms with van der Waals surface area (Å²) in [5, 5.41) is 6.76. The van der Waals surface area contributed by atoms with Crippen LogP contribution in [0.15, 0.2) is 58.2 Å². The standard InChI is InChI=1S/C22H11ClF8N4O2/c1-36-20(22(29,30)31)33-17-16(15-13(23)6-3-7-14(15)25)34-37-18(17)12-9-32-35(19(12)21(26,27)28)11-5-2-4-10(24)8-11/h2-9H,1H3. The average Bonchev–Trinajstić information content (AvgIpc) is 3.41. The van der Waals surface area contributed by atoms with Crippen molar-refractivity contribution in [2.75, 3.05) is 7.11 Å². The zero-order valence-corrected chi connectivity index (χ0v) is 18.9. The van der Waals surface area contributed by atoms with Crippen LogP contribution in [0, 0.1) is 11.6 Å². The number of rotatable bonds is 4. The molecule has 0 aliphatic rings. The number of hydrogen-bond donors (Lipinski definition) is 0. The molecule has 4 aromatic rings. The van der Waals surface area contributed by atoms with Crippen molar-refractivity contribution in [3.8, 4) is 28.3 Å². The third-order valence-corrected chi connectivity index (χ3v) is 5.17. The van der Waals surface area contributed by atoms with E-state index in [0.29, 0.717) is 18.0 Å². The van der Waals surface area contributed by atoms with Crippen LogP contribution in [-0.2, 0) is 10.9 Å². The third-order valence-electron chi connectivity index (χ3n) is 4.85. The Morgan fingerprint density at radius 1 is 1.05 bits per heavy atom. The lowest BCUT2D eigenvalue weighted by Gasteiger charge is -2.13. The molecule has 2 aromatic heterocycles. The van der Waals surface area contributed by atoms with Crippen LogP contribution in [0.2, 0.25) is 5.02 Å². The molecule has 4 rings (SSSR count). The van der Waals surface area contributed by atoms with Gasteiger partial charge in [0.05, 0.1) is 35.1 Å². The molecule has 0 unspecified atom stereocenters. The topological polar surface area (TPSA) is 65.4 Å². The van der Waals surface area contributed by atoms with Crippen LogP contribution in [0.3, 0.4) is 0 Å². The molecule has 37 heavy (non-hydrogen) atoms. The summed E-state index contributed by atoms with van der Waals surface area (Å²) in [6.45, 7) is 0. The SMILES string of the molecule is COC(=Nc1c(-c2c(F)cccc2Cl)noc1-c1cnn(-c2cccc(F)c2)c1C(F)(F)F)C(F)(F)F. The summed E-state index contributed by atoms with van der Waals surface area (Å²) in [6.07, 6.45) is -9.77. The fraction of sp³-hybridized carbons (Fsp3) is 0.136. The van der Waals surface area contributed by atoms with Crippen molar-refractivity contribution in [2.45, 2.75) is 12.4 Å². The van der Waals surface area contributed by atoms with E-state index in [9.17, 15) is 35.1 Å². The van der Waals surface area contributed by atoms with E-state index in [1.54, 1.807) is 0 Å². The van der Waals surface area contributed by atoms with E-state index in [0.717, 1.165) is 30.3 Å². The second-order valence-corrected chi connectivity index (χ2v) is 7.63. The number of aromatic nitrogens is 3. The number of ether oxygens (including phenoxy) is 1. The van der Waals surface area contributed by atoms with E-state index in [4.69, 9.17) is 16.1 Å². The van der Waals surface area contributed by atoms with Gasteiger partial charge in [0, 0.05) is 0 Å². The summed E-state index contributed by atoms with van der Waals surface area (Å²) in [5.74, 6) is -4.79. The summed E-state index contributed by atoms with van der Waals surface area (Å²) < 4.78 is 121. The molecule has 0 atom stereocenters. The summed E-state index contributed by atoms with van der Waals surface area (Å²) >= 11 is 6.00. The van der Waals surface area contributed by atoms with Gasteiger partial charge >= 0.3 is 12.4 Å². The summed E-state index contributed by atoms with van der Waals surface area (Å²) in [6, 6.07) is 7.24. The highest BCUT2D eigenvalue weighted by Crippen LogP contribution is 2.47. The van der Waals surface area contributed by atoms with Crippen LogP contribution in [0.5, 0.6) is 0 Å². The van der Waals surface area contributed by atoms with Crippen LogP contribution in [-0.4, -0.2) is 34.1 Å². The number of aliphatic imine (C=N–C) groups is 1. The van der Waals surface area contributed by atoms with Gasteiger partial charge in [-0.25, -0.2) is 18.5 Å². The second-order valence-electron chi connectivity index (χ2n) is 7.22. The highest BCUT2D eigenvalue weighted by atomic mass is 35.5. The van der Waals surface area contributed by atoms with Gasteiger partial charge < -0.3 is 9.26 Å². The molecule has 2 aromatic carbocycles. The van der Waals surface area contributed by atoms with Crippen LogP contribution in [0.4, 0.5) is 40.8 Å². The Bertz CT molecular complexity index is 1470. The fourth-order valence-electron chi connectivity index (χ4n) is 3.37. The average molecular weight is 551 g/mol. The molecule has 0 spiro atoms. The molecule has 0 saturated carbocycles. The maximum absolute atomic E-state index is 14.6. The lowest BCUT2D eigenvalue weighted by atomic mass is 10.1. The predicted molar refractivity (Wildman–Crippen MR) is 115 cm³/mol. The summed E-state index contributed by atoms with van der Waals surface area (Å²) in [5.41, 5.74) is -5.11. The first kappa shape index (κ1) is 26.1. The molecule has 0 amide bonds. The molecule has 0 aliphatic carbocycles. The first-order valence-corrected chi connectivity index (χ1v) is 10.3. The fourth-order valence-corrected chi connectivity index (χ4v) is 3.62. The lowest BCUT2D eigenvalue weighted by Crippen LogP contribution is -2.24. The van der Waals surface area contributed by atoms with Crippen LogP contribution >= 0.6 is 11.6 Å². The number of benzene rings is 2. The second kappa shape index (κ2) is 9.50. The third kappa shape index (κ3) is 5.01. The van der Waals surface area contributed by atoms with Crippen molar-refractivity contribution in [2.24, 2.45) is 4.99 Å². The molecule has 0 fully saturated rings. The quantitative estimate of drug-likeness (QED) is 0.151. The van der Waals surface area contributed by atoms with Crippen LogP contribution < -0.4 is 0 Å². The molecule has 194 valence electrons.